The molecule has 0 saturated heterocycles. The summed E-state index contributed by atoms with van der Waals surface area (Å²) in [7, 11) is 0. The predicted octanol–water partition coefficient (Wildman–Crippen LogP) is 4.44. The SMILES string of the molecule is CCn1nc(C)c(Cl)c1CC(=O)C1CCC(C(C)C)CC1. The van der Waals surface area contributed by atoms with Crippen molar-refractivity contribution < 1.29 is 4.79 Å². The summed E-state index contributed by atoms with van der Waals surface area (Å²) in [6.07, 6.45) is 4.89. The number of carbonyl (C=O) groups is 1. The zero-order chi connectivity index (χ0) is 15.6. The smallest absolute Gasteiger partial charge is 0.141 e. The number of hydrogen-bond acceptors (Lipinski definition) is 2. The Morgan fingerprint density at radius 2 is 1.95 bits per heavy atom. The molecule has 0 N–H and O–H groups in total. The second-order valence-electron chi connectivity index (χ2n) is 6.66. The molecular weight excluding hydrogens is 284 g/mol. The van der Waals surface area contributed by atoms with Crippen molar-refractivity contribution in [2.24, 2.45) is 17.8 Å². The summed E-state index contributed by atoms with van der Waals surface area (Å²) < 4.78 is 1.87. The Morgan fingerprint density at radius 1 is 1.33 bits per heavy atom. The number of ketones is 1. The summed E-state index contributed by atoms with van der Waals surface area (Å²) in [5.74, 6) is 2.09. The van der Waals surface area contributed by atoms with E-state index in [4.69, 9.17) is 11.6 Å². The van der Waals surface area contributed by atoms with E-state index in [0.717, 1.165) is 42.6 Å². The molecule has 0 aromatic carbocycles. The normalized spacial score (nSPS) is 22.8. The van der Waals surface area contributed by atoms with E-state index in [1.807, 2.05) is 18.5 Å². The van der Waals surface area contributed by atoms with Crippen molar-refractivity contribution in [1.82, 2.24) is 9.78 Å². The fourth-order valence-corrected chi connectivity index (χ4v) is 3.66. The molecule has 1 fully saturated rings. The van der Waals surface area contributed by atoms with Crippen LogP contribution in [-0.4, -0.2) is 15.6 Å². The molecule has 1 aliphatic rings. The molecule has 2 rings (SSSR count). The van der Waals surface area contributed by atoms with Crippen molar-refractivity contribution >= 4 is 17.4 Å². The van der Waals surface area contributed by atoms with Crippen LogP contribution in [0.25, 0.3) is 0 Å². The first-order valence-electron chi connectivity index (χ1n) is 8.18. The predicted molar refractivity (Wildman–Crippen MR) is 86.6 cm³/mol. The topological polar surface area (TPSA) is 34.9 Å². The van der Waals surface area contributed by atoms with Crippen molar-refractivity contribution in [2.75, 3.05) is 0 Å². The fourth-order valence-electron chi connectivity index (χ4n) is 3.46. The van der Waals surface area contributed by atoms with Gasteiger partial charge in [-0.1, -0.05) is 25.4 Å². The van der Waals surface area contributed by atoms with Gasteiger partial charge >= 0.3 is 0 Å². The van der Waals surface area contributed by atoms with Crippen molar-refractivity contribution in [2.45, 2.75) is 66.3 Å². The van der Waals surface area contributed by atoms with E-state index in [2.05, 4.69) is 18.9 Å². The second-order valence-corrected chi connectivity index (χ2v) is 7.04. The monoisotopic (exact) mass is 310 g/mol. The van der Waals surface area contributed by atoms with Crippen LogP contribution in [0.5, 0.6) is 0 Å². The maximum absolute atomic E-state index is 12.6. The zero-order valence-corrected chi connectivity index (χ0v) is 14.4. The number of hydrogen-bond donors (Lipinski definition) is 0. The second kappa shape index (κ2) is 6.95. The number of halogens is 1. The summed E-state index contributed by atoms with van der Waals surface area (Å²) in [5, 5.41) is 5.06. The lowest BCUT2D eigenvalue weighted by atomic mass is 9.75. The van der Waals surface area contributed by atoms with Gasteiger partial charge in [0.05, 0.1) is 22.8 Å². The first-order chi connectivity index (χ1) is 9.93. The van der Waals surface area contributed by atoms with E-state index in [9.17, 15) is 4.79 Å². The van der Waals surface area contributed by atoms with Gasteiger partial charge in [-0.25, -0.2) is 0 Å². The summed E-state index contributed by atoms with van der Waals surface area (Å²) in [6.45, 7) is 9.27. The number of aryl methyl sites for hydroxylation is 2. The standard InChI is InChI=1S/C17H27ClN2O/c1-5-20-15(17(18)12(4)19-20)10-16(21)14-8-6-13(7-9-14)11(2)3/h11,13-14H,5-10H2,1-4H3. The third-order valence-corrected chi connectivity index (χ3v) is 5.46. The molecule has 1 aromatic heterocycles. The van der Waals surface area contributed by atoms with Crippen LogP contribution < -0.4 is 0 Å². The largest absolute Gasteiger partial charge is 0.299 e. The third kappa shape index (κ3) is 3.68. The molecule has 21 heavy (non-hydrogen) atoms. The average Bonchev–Trinajstić information content (AvgIpc) is 2.75. The quantitative estimate of drug-likeness (QED) is 0.806. The van der Waals surface area contributed by atoms with Gasteiger partial charge in [0.1, 0.15) is 5.78 Å². The molecule has 118 valence electrons. The molecule has 0 spiro atoms. The van der Waals surface area contributed by atoms with Crippen LogP contribution >= 0.6 is 11.6 Å². The van der Waals surface area contributed by atoms with Gasteiger partial charge in [0.15, 0.2) is 0 Å². The maximum Gasteiger partial charge on any atom is 0.141 e. The van der Waals surface area contributed by atoms with Crippen molar-refractivity contribution in [3.05, 3.63) is 16.4 Å². The van der Waals surface area contributed by atoms with Gasteiger partial charge in [0.2, 0.25) is 0 Å². The molecule has 1 aliphatic carbocycles. The number of rotatable bonds is 5. The van der Waals surface area contributed by atoms with Crippen LogP contribution in [0.15, 0.2) is 0 Å². The number of carbonyl (C=O) groups excluding carboxylic acids is 1. The van der Waals surface area contributed by atoms with Crippen molar-refractivity contribution in [1.29, 1.82) is 0 Å². The van der Waals surface area contributed by atoms with Gasteiger partial charge in [-0.2, -0.15) is 5.10 Å². The molecule has 0 bridgehead atoms. The summed E-state index contributed by atoms with van der Waals surface area (Å²) in [6, 6.07) is 0. The Bertz CT molecular complexity index is 499. The first kappa shape index (κ1) is 16.5. The van der Waals surface area contributed by atoms with Gasteiger partial charge < -0.3 is 0 Å². The maximum atomic E-state index is 12.6. The Balaban J connectivity index is 2.00. The fraction of sp³-hybridized carbons (Fsp3) is 0.765. The lowest BCUT2D eigenvalue weighted by molar-refractivity contribution is -0.123. The Hall–Kier alpha value is -0.830. The minimum Gasteiger partial charge on any atom is -0.299 e. The Labute approximate surface area is 133 Å². The van der Waals surface area contributed by atoms with Gasteiger partial charge in [-0.15, -0.1) is 0 Å². The summed E-state index contributed by atoms with van der Waals surface area (Å²) >= 11 is 6.30. The highest BCUT2D eigenvalue weighted by atomic mass is 35.5. The van der Waals surface area contributed by atoms with E-state index in [1.54, 1.807) is 0 Å². The van der Waals surface area contributed by atoms with Crippen molar-refractivity contribution in [3.63, 3.8) is 0 Å². The highest BCUT2D eigenvalue weighted by Gasteiger charge is 2.28. The summed E-state index contributed by atoms with van der Waals surface area (Å²) in [4.78, 5) is 12.6. The molecule has 1 heterocycles. The van der Waals surface area contributed by atoms with E-state index in [1.165, 1.54) is 12.8 Å². The van der Waals surface area contributed by atoms with Crippen LogP contribution in [0.4, 0.5) is 0 Å². The van der Waals surface area contributed by atoms with Crippen LogP contribution in [-0.2, 0) is 17.8 Å². The molecule has 1 aromatic rings. The van der Waals surface area contributed by atoms with E-state index < -0.39 is 0 Å². The molecule has 0 amide bonds. The molecule has 0 aliphatic heterocycles. The van der Waals surface area contributed by atoms with E-state index in [0.29, 0.717) is 17.2 Å². The van der Waals surface area contributed by atoms with Gasteiger partial charge in [0, 0.05) is 12.5 Å². The third-order valence-electron chi connectivity index (χ3n) is 4.96. The van der Waals surface area contributed by atoms with Crippen LogP contribution in [0.2, 0.25) is 5.02 Å². The lowest BCUT2D eigenvalue weighted by Crippen LogP contribution is -2.26. The van der Waals surface area contributed by atoms with Crippen LogP contribution in [0.1, 0.15) is 57.8 Å². The molecule has 3 nitrogen and oxygen atoms in total. The van der Waals surface area contributed by atoms with Gasteiger partial charge in [-0.05, 0) is 51.4 Å². The first-order valence-corrected chi connectivity index (χ1v) is 8.56. The average molecular weight is 311 g/mol. The van der Waals surface area contributed by atoms with Gasteiger partial charge in [0.25, 0.3) is 0 Å². The van der Waals surface area contributed by atoms with E-state index in [-0.39, 0.29) is 5.92 Å². The lowest BCUT2D eigenvalue weighted by Gasteiger charge is -2.30. The zero-order valence-electron chi connectivity index (χ0n) is 13.7. The molecule has 1 saturated carbocycles. The molecule has 0 atom stereocenters. The highest BCUT2D eigenvalue weighted by Crippen LogP contribution is 2.34. The highest BCUT2D eigenvalue weighted by molar-refractivity contribution is 6.32. The number of Topliss-reactive ketones (excluding diaryl/α,β-unsaturated/α-hetero) is 1. The minimum absolute atomic E-state index is 0.219. The number of aromatic nitrogens is 2. The minimum atomic E-state index is 0.219. The Kier molecular flexibility index (Phi) is 5.48. The summed E-state index contributed by atoms with van der Waals surface area (Å²) in [5.41, 5.74) is 1.72. The van der Waals surface area contributed by atoms with Crippen molar-refractivity contribution in [3.8, 4) is 0 Å². The number of nitrogens with zero attached hydrogens (tertiary/aromatic N) is 2. The molecular formula is C17H27ClN2O. The van der Waals surface area contributed by atoms with Crippen LogP contribution in [0.3, 0.4) is 0 Å². The molecule has 0 unspecified atom stereocenters. The molecule has 4 heteroatoms. The van der Waals surface area contributed by atoms with E-state index >= 15 is 0 Å². The molecule has 0 radical (unpaired) electrons. The van der Waals surface area contributed by atoms with Crippen LogP contribution in [0, 0.1) is 24.7 Å². The Morgan fingerprint density at radius 3 is 2.48 bits per heavy atom. The van der Waals surface area contributed by atoms with Gasteiger partial charge in [-0.3, -0.25) is 9.48 Å².